The van der Waals surface area contributed by atoms with Gasteiger partial charge in [-0.15, -0.1) is 0 Å². The summed E-state index contributed by atoms with van der Waals surface area (Å²) < 4.78 is 1.13. The number of carboxylic acids is 1. The molecule has 108 valence electrons. The Kier molecular flexibility index (Phi) is 4.16. The molecule has 0 bridgehead atoms. The molecule has 7 heteroatoms. The molecule has 7 nitrogen and oxygen atoms in total. The number of hydrogen-bond acceptors (Lipinski definition) is 4. The lowest BCUT2D eigenvalue weighted by Crippen LogP contribution is -2.40. The molecule has 2 heterocycles. The van der Waals surface area contributed by atoms with Crippen molar-refractivity contribution in [1.82, 2.24) is 14.7 Å². The summed E-state index contributed by atoms with van der Waals surface area (Å²) in [6.07, 6.45) is 1.52. The molecule has 1 amide bonds. The summed E-state index contributed by atoms with van der Waals surface area (Å²) in [6.45, 7) is 1.06. The Hall–Kier alpha value is -2.18. The highest BCUT2D eigenvalue weighted by molar-refractivity contribution is 5.92. The van der Waals surface area contributed by atoms with Gasteiger partial charge in [-0.3, -0.25) is 14.4 Å². The van der Waals surface area contributed by atoms with Gasteiger partial charge in [0.2, 0.25) is 0 Å². The van der Waals surface area contributed by atoms with E-state index in [9.17, 15) is 14.4 Å². The Bertz CT molecular complexity index is 573. The molecule has 0 aromatic carbocycles. The lowest BCUT2D eigenvalue weighted by molar-refractivity contribution is -0.138. The Balaban J connectivity index is 1.99. The smallest absolute Gasteiger partial charge is 0.303 e. The third-order valence-corrected chi connectivity index (χ3v) is 3.54. The molecule has 0 atom stereocenters. The maximum absolute atomic E-state index is 12.2. The van der Waals surface area contributed by atoms with Crippen molar-refractivity contribution >= 4 is 11.9 Å². The molecule has 2 rings (SSSR count). The summed E-state index contributed by atoms with van der Waals surface area (Å²) in [5, 5.41) is 12.7. The van der Waals surface area contributed by atoms with Crippen LogP contribution < -0.4 is 5.56 Å². The standard InChI is InChI=1S/C13H17N3O4/c1-15-11(17)3-2-10(14-15)13(20)16-6-4-9(5-7-16)8-12(18)19/h2-3,9H,4-8H2,1H3,(H,18,19). The predicted octanol–water partition coefficient (Wildman–Crippen LogP) is 0.107. The summed E-state index contributed by atoms with van der Waals surface area (Å²) >= 11 is 0. The number of aryl methyl sites for hydroxylation is 1. The van der Waals surface area contributed by atoms with Crippen LogP contribution in [0.1, 0.15) is 29.8 Å². The first-order valence-corrected chi connectivity index (χ1v) is 6.53. The zero-order valence-corrected chi connectivity index (χ0v) is 11.3. The van der Waals surface area contributed by atoms with E-state index in [1.165, 1.54) is 19.2 Å². The van der Waals surface area contributed by atoms with E-state index in [1.807, 2.05) is 0 Å². The number of nitrogens with zero attached hydrogens (tertiary/aromatic N) is 3. The molecule has 1 aliphatic rings. The van der Waals surface area contributed by atoms with Gasteiger partial charge in [0.25, 0.3) is 11.5 Å². The number of likely N-dealkylation sites (tertiary alicyclic amines) is 1. The van der Waals surface area contributed by atoms with Crippen LogP contribution in [0.3, 0.4) is 0 Å². The van der Waals surface area contributed by atoms with Crippen molar-refractivity contribution in [2.75, 3.05) is 13.1 Å². The van der Waals surface area contributed by atoms with Gasteiger partial charge >= 0.3 is 5.97 Å². The third kappa shape index (κ3) is 3.23. The SMILES string of the molecule is Cn1nc(C(=O)N2CCC(CC(=O)O)CC2)ccc1=O. The van der Waals surface area contributed by atoms with Gasteiger partial charge in [-0.1, -0.05) is 0 Å². The molecule has 1 saturated heterocycles. The van der Waals surface area contributed by atoms with E-state index >= 15 is 0 Å². The number of piperidine rings is 1. The molecule has 0 spiro atoms. The number of carbonyl (C=O) groups excluding carboxylic acids is 1. The minimum absolute atomic E-state index is 0.129. The molecule has 0 aliphatic carbocycles. The average molecular weight is 279 g/mol. The van der Waals surface area contributed by atoms with E-state index in [-0.39, 0.29) is 29.5 Å². The quantitative estimate of drug-likeness (QED) is 0.847. The minimum atomic E-state index is -0.797. The fraction of sp³-hybridized carbons (Fsp3) is 0.538. The van der Waals surface area contributed by atoms with Crippen LogP contribution in [0.4, 0.5) is 0 Å². The summed E-state index contributed by atoms with van der Waals surface area (Å²) in [7, 11) is 1.50. The first-order valence-electron chi connectivity index (χ1n) is 6.53. The van der Waals surface area contributed by atoms with Gasteiger partial charge in [0.15, 0.2) is 0 Å². The minimum Gasteiger partial charge on any atom is -0.481 e. The van der Waals surface area contributed by atoms with Crippen molar-refractivity contribution in [1.29, 1.82) is 0 Å². The van der Waals surface area contributed by atoms with Gasteiger partial charge in [-0.05, 0) is 24.8 Å². The lowest BCUT2D eigenvalue weighted by Gasteiger charge is -2.31. The van der Waals surface area contributed by atoms with Crippen molar-refractivity contribution in [3.05, 3.63) is 28.2 Å². The molecule has 0 unspecified atom stereocenters. The van der Waals surface area contributed by atoms with Gasteiger partial charge in [-0.25, -0.2) is 4.68 Å². The zero-order valence-electron chi connectivity index (χ0n) is 11.3. The van der Waals surface area contributed by atoms with E-state index in [0.29, 0.717) is 25.9 Å². The normalized spacial score (nSPS) is 16.1. The van der Waals surface area contributed by atoms with Crippen LogP contribution in [0.15, 0.2) is 16.9 Å². The van der Waals surface area contributed by atoms with Crippen molar-refractivity contribution in [3.63, 3.8) is 0 Å². The number of aliphatic carboxylic acids is 1. The molecule has 1 N–H and O–H groups in total. The fourth-order valence-corrected chi connectivity index (χ4v) is 2.37. The molecule has 20 heavy (non-hydrogen) atoms. The third-order valence-electron chi connectivity index (χ3n) is 3.54. The number of carbonyl (C=O) groups is 2. The summed E-state index contributed by atoms with van der Waals surface area (Å²) in [6, 6.07) is 2.74. The zero-order chi connectivity index (χ0) is 14.7. The van der Waals surface area contributed by atoms with Gasteiger partial charge in [0.1, 0.15) is 5.69 Å². The molecule has 1 aromatic rings. The lowest BCUT2D eigenvalue weighted by atomic mass is 9.93. The second-order valence-corrected chi connectivity index (χ2v) is 5.01. The van der Waals surface area contributed by atoms with Crippen LogP contribution in [0, 0.1) is 5.92 Å². The van der Waals surface area contributed by atoms with Gasteiger partial charge < -0.3 is 10.0 Å². The molecular weight excluding hydrogens is 262 g/mol. The van der Waals surface area contributed by atoms with Crippen molar-refractivity contribution in [3.8, 4) is 0 Å². The molecule has 1 fully saturated rings. The highest BCUT2D eigenvalue weighted by Crippen LogP contribution is 2.21. The maximum atomic E-state index is 12.2. The highest BCUT2D eigenvalue weighted by atomic mass is 16.4. The van der Waals surface area contributed by atoms with Crippen LogP contribution in [0.2, 0.25) is 0 Å². The Morgan fingerprint density at radius 2 is 2.00 bits per heavy atom. The van der Waals surface area contributed by atoms with E-state index in [1.54, 1.807) is 4.90 Å². The number of carboxylic acid groups (broad SMARTS) is 1. The highest BCUT2D eigenvalue weighted by Gasteiger charge is 2.25. The molecular formula is C13H17N3O4. The van der Waals surface area contributed by atoms with E-state index in [0.717, 1.165) is 4.68 Å². The van der Waals surface area contributed by atoms with E-state index < -0.39 is 5.97 Å². The van der Waals surface area contributed by atoms with Crippen LogP contribution in [0.25, 0.3) is 0 Å². The Morgan fingerprint density at radius 3 is 2.55 bits per heavy atom. The molecule has 1 aliphatic heterocycles. The largest absolute Gasteiger partial charge is 0.481 e. The number of amides is 1. The fourth-order valence-electron chi connectivity index (χ4n) is 2.37. The first-order chi connectivity index (χ1) is 9.47. The van der Waals surface area contributed by atoms with Crippen LogP contribution in [-0.2, 0) is 11.8 Å². The van der Waals surface area contributed by atoms with Gasteiger partial charge in [0, 0.05) is 32.6 Å². The van der Waals surface area contributed by atoms with E-state index in [2.05, 4.69) is 5.10 Å². The van der Waals surface area contributed by atoms with Crippen molar-refractivity contribution < 1.29 is 14.7 Å². The topological polar surface area (TPSA) is 92.5 Å². The number of rotatable bonds is 3. The number of hydrogen-bond donors (Lipinski definition) is 1. The summed E-state index contributed by atoms with van der Waals surface area (Å²) in [5.41, 5.74) is -0.0227. The second kappa shape index (κ2) is 5.85. The summed E-state index contributed by atoms with van der Waals surface area (Å²) in [5.74, 6) is -0.881. The Morgan fingerprint density at radius 1 is 1.35 bits per heavy atom. The monoisotopic (exact) mass is 279 g/mol. The second-order valence-electron chi connectivity index (χ2n) is 5.01. The summed E-state index contributed by atoms with van der Waals surface area (Å²) in [4.78, 5) is 35.8. The first kappa shape index (κ1) is 14.2. The van der Waals surface area contributed by atoms with Gasteiger partial charge in [-0.2, -0.15) is 5.10 Å². The molecule has 0 radical (unpaired) electrons. The van der Waals surface area contributed by atoms with Gasteiger partial charge in [0.05, 0.1) is 0 Å². The average Bonchev–Trinajstić information content (AvgIpc) is 2.41. The van der Waals surface area contributed by atoms with Crippen LogP contribution in [-0.4, -0.2) is 44.8 Å². The maximum Gasteiger partial charge on any atom is 0.303 e. The number of aromatic nitrogens is 2. The van der Waals surface area contributed by atoms with Crippen LogP contribution in [0.5, 0.6) is 0 Å². The van der Waals surface area contributed by atoms with Crippen molar-refractivity contribution in [2.45, 2.75) is 19.3 Å². The Labute approximate surface area is 115 Å². The molecule has 0 saturated carbocycles. The van der Waals surface area contributed by atoms with E-state index in [4.69, 9.17) is 5.11 Å². The van der Waals surface area contributed by atoms with Crippen molar-refractivity contribution in [2.24, 2.45) is 13.0 Å². The predicted molar refractivity (Wildman–Crippen MR) is 70.4 cm³/mol. The van der Waals surface area contributed by atoms with Crippen LogP contribution >= 0.6 is 0 Å². The molecule has 1 aromatic heterocycles.